The van der Waals surface area contributed by atoms with Crippen molar-refractivity contribution >= 4 is 0 Å². The summed E-state index contributed by atoms with van der Waals surface area (Å²) in [6.07, 6.45) is 3.84. The van der Waals surface area contributed by atoms with Crippen LogP contribution in [0.3, 0.4) is 0 Å². The Labute approximate surface area is 132 Å². The van der Waals surface area contributed by atoms with Crippen LogP contribution in [0.4, 0.5) is 0 Å². The minimum atomic E-state index is 0.292. The van der Waals surface area contributed by atoms with Gasteiger partial charge in [-0.25, -0.2) is 0 Å². The summed E-state index contributed by atoms with van der Waals surface area (Å²) in [4.78, 5) is 5.15. The van der Waals surface area contributed by atoms with Gasteiger partial charge in [0.1, 0.15) is 0 Å². The maximum absolute atomic E-state index is 6.46. The van der Waals surface area contributed by atoms with Crippen LogP contribution in [-0.2, 0) is 0 Å². The van der Waals surface area contributed by atoms with Crippen molar-refractivity contribution in [2.45, 2.75) is 65.5 Å². The van der Waals surface area contributed by atoms with E-state index in [-0.39, 0.29) is 0 Å². The molecule has 0 amide bonds. The van der Waals surface area contributed by atoms with Crippen molar-refractivity contribution in [2.24, 2.45) is 23.0 Å². The molecule has 0 aromatic carbocycles. The molecule has 0 aromatic heterocycles. The quantitative estimate of drug-likeness (QED) is 0.850. The molecule has 2 aliphatic rings. The van der Waals surface area contributed by atoms with Crippen LogP contribution in [-0.4, -0.2) is 54.6 Å². The van der Waals surface area contributed by atoms with E-state index in [1.54, 1.807) is 0 Å². The summed E-state index contributed by atoms with van der Waals surface area (Å²) in [6, 6.07) is 0.409. The maximum atomic E-state index is 6.46. The molecule has 0 radical (unpaired) electrons. The smallest absolute Gasteiger partial charge is 0.0277 e. The number of hydrogen-bond donors (Lipinski definition) is 1. The van der Waals surface area contributed by atoms with E-state index in [1.165, 1.54) is 45.4 Å². The zero-order valence-corrected chi connectivity index (χ0v) is 15.2. The van der Waals surface area contributed by atoms with Crippen molar-refractivity contribution in [1.29, 1.82) is 0 Å². The van der Waals surface area contributed by atoms with Crippen molar-refractivity contribution < 1.29 is 0 Å². The molecule has 21 heavy (non-hydrogen) atoms. The van der Waals surface area contributed by atoms with E-state index in [4.69, 9.17) is 5.73 Å². The summed E-state index contributed by atoms with van der Waals surface area (Å²) in [6.45, 7) is 16.6. The van der Waals surface area contributed by atoms with Crippen LogP contribution < -0.4 is 5.73 Å². The number of likely N-dealkylation sites (N-methyl/N-ethyl adjacent to an activating group) is 1. The van der Waals surface area contributed by atoms with Crippen molar-refractivity contribution in [3.05, 3.63) is 0 Å². The van der Waals surface area contributed by atoms with Crippen molar-refractivity contribution in [3.63, 3.8) is 0 Å². The third kappa shape index (κ3) is 4.20. The molecule has 0 bridgehead atoms. The van der Waals surface area contributed by atoms with E-state index in [0.29, 0.717) is 22.9 Å². The summed E-state index contributed by atoms with van der Waals surface area (Å²) in [5, 5.41) is 0. The van der Waals surface area contributed by atoms with Gasteiger partial charge in [-0.2, -0.15) is 0 Å². The highest BCUT2D eigenvalue weighted by Crippen LogP contribution is 2.40. The van der Waals surface area contributed by atoms with Crippen LogP contribution in [0.1, 0.15) is 53.9 Å². The highest BCUT2D eigenvalue weighted by Gasteiger charge is 2.37. The lowest BCUT2D eigenvalue weighted by Gasteiger charge is -2.48. The van der Waals surface area contributed by atoms with E-state index in [2.05, 4.69) is 51.5 Å². The summed E-state index contributed by atoms with van der Waals surface area (Å²) < 4.78 is 0. The second kappa shape index (κ2) is 6.17. The third-order valence-corrected chi connectivity index (χ3v) is 6.15. The number of piperazine rings is 1. The predicted molar refractivity (Wildman–Crippen MR) is 91.4 cm³/mol. The highest BCUT2D eigenvalue weighted by molar-refractivity contribution is 4.92. The first kappa shape index (κ1) is 17.2. The highest BCUT2D eigenvalue weighted by atomic mass is 15.3. The van der Waals surface area contributed by atoms with E-state index in [9.17, 15) is 0 Å². The number of hydrogen-bond acceptors (Lipinski definition) is 3. The van der Waals surface area contributed by atoms with Gasteiger partial charge in [0.15, 0.2) is 0 Å². The Bertz CT molecular complexity index is 345. The first-order valence-corrected chi connectivity index (χ1v) is 8.79. The lowest BCUT2D eigenvalue weighted by Crippen LogP contribution is -2.59. The van der Waals surface area contributed by atoms with E-state index in [1.807, 2.05) is 0 Å². The molecule has 1 aliphatic carbocycles. The topological polar surface area (TPSA) is 32.5 Å². The van der Waals surface area contributed by atoms with Crippen LogP contribution in [0.2, 0.25) is 0 Å². The Hall–Kier alpha value is -0.120. The van der Waals surface area contributed by atoms with Gasteiger partial charge in [-0.05, 0) is 57.4 Å². The summed E-state index contributed by atoms with van der Waals surface area (Å²) >= 11 is 0. The molecule has 2 N–H and O–H groups in total. The van der Waals surface area contributed by atoms with Gasteiger partial charge in [0.25, 0.3) is 0 Å². The van der Waals surface area contributed by atoms with Crippen LogP contribution in [0.15, 0.2) is 0 Å². The minimum absolute atomic E-state index is 0.292. The zero-order chi connectivity index (χ0) is 15.8. The molecular formula is C18H37N3. The van der Waals surface area contributed by atoms with Crippen molar-refractivity contribution in [1.82, 2.24) is 9.80 Å². The molecule has 1 saturated heterocycles. The van der Waals surface area contributed by atoms with Gasteiger partial charge >= 0.3 is 0 Å². The van der Waals surface area contributed by atoms with Gasteiger partial charge in [-0.1, -0.05) is 20.8 Å². The van der Waals surface area contributed by atoms with Gasteiger partial charge in [-0.15, -0.1) is 0 Å². The standard InChI is InChI=1S/C18H37N3/c1-17(2,3)15-7-8-16(19)14(11-15)12-21-10-9-20(6)18(4,5)13-21/h14-16H,7-13,19H2,1-6H3. The second-order valence-electron chi connectivity index (χ2n) is 9.27. The van der Waals surface area contributed by atoms with Crippen molar-refractivity contribution in [3.8, 4) is 0 Å². The van der Waals surface area contributed by atoms with Crippen LogP contribution in [0.5, 0.6) is 0 Å². The Morgan fingerprint density at radius 3 is 2.38 bits per heavy atom. The largest absolute Gasteiger partial charge is 0.327 e. The molecule has 124 valence electrons. The van der Waals surface area contributed by atoms with Gasteiger partial charge in [0, 0.05) is 37.8 Å². The fraction of sp³-hybridized carbons (Fsp3) is 1.00. The Balaban J connectivity index is 1.95. The van der Waals surface area contributed by atoms with Gasteiger partial charge in [0.2, 0.25) is 0 Å². The molecule has 3 unspecified atom stereocenters. The monoisotopic (exact) mass is 295 g/mol. The SMILES string of the molecule is CN1CCN(CC2CC(C(C)(C)C)CCC2N)CC1(C)C. The van der Waals surface area contributed by atoms with Crippen LogP contribution >= 0.6 is 0 Å². The number of nitrogens with zero attached hydrogens (tertiary/aromatic N) is 2. The van der Waals surface area contributed by atoms with Crippen molar-refractivity contribution in [2.75, 3.05) is 33.2 Å². The first-order valence-electron chi connectivity index (χ1n) is 8.79. The number of rotatable bonds is 2. The van der Waals surface area contributed by atoms with Crippen LogP contribution in [0, 0.1) is 17.3 Å². The van der Waals surface area contributed by atoms with E-state index < -0.39 is 0 Å². The molecular weight excluding hydrogens is 258 g/mol. The van der Waals surface area contributed by atoms with Crippen LogP contribution in [0.25, 0.3) is 0 Å². The molecule has 2 rings (SSSR count). The predicted octanol–water partition coefficient (Wildman–Crippen LogP) is 2.80. The molecule has 1 heterocycles. The van der Waals surface area contributed by atoms with E-state index >= 15 is 0 Å². The molecule has 0 aromatic rings. The molecule has 1 saturated carbocycles. The maximum Gasteiger partial charge on any atom is 0.0277 e. The Kier molecular flexibility index (Phi) is 5.07. The third-order valence-electron chi connectivity index (χ3n) is 6.15. The molecule has 2 fully saturated rings. The molecule has 0 spiro atoms. The van der Waals surface area contributed by atoms with Gasteiger partial charge in [0.05, 0.1) is 0 Å². The van der Waals surface area contributed by atoms with Gasteiger partial charge in [-0.3, -0.25) is 9.80 Å². The lowest BCUT2D eigenvalue weighted by atomic mass is 9.67. The summed E-state index contributed by atoms with van der Waals surface area (Å²) in [7, 11) is 2.25. The fourth-order valence-corrected chi connectivity index (χ4v) is 4.11. The Morgan fingerprint density at radius 1 is 1.14 bits per heavy atom. The Morgan fingerprint density at radius 2 is 1.81 bits per heavy atom. The minimum Gasteiger partial charge on any atom is -0.327 e. The molecule has 3 nitrogen and oxygen atoms in total. The fourth-order valence-electron chi connectivity index (χ4n) is 4.11. The second-order valence-corrected chi connectivity index (χ2v) is 9.27. The molecule has 3 atom stereocenters. The average molecular weight is 296 g/mol. The lowest BCUT2D eigenvalue weighted by molar-refractivity contribution is 0.0183. The van der Waals surface area contributed by atoms with Gasteiger partial charge < -0.3 is 5.73 Å². The normalized spacial score (nSPS) is 35.9. The average Bonchev–Trinajstić information content (AvgIpc) is 2.35. The zero-order valence-electron chi connectivity index (χ0n) is 15.2. The number of nitrogens with two attached hydrogens (primary N) is 1. The van der Waals surface area contributed by atoms with E-state index in [0.717, 1.165) is 5.92 Å². The first-order chi connectivity index (χ1) is 9.59. The molecule has 3 heteroatoms. The summed E-state index contributed by atoms with van der Waals surface area (Å²) in [5.41, 5.74) is 7.18. The summed E-state index contributed by atoms with van der Waals surface area (Å²) in [5.74, 6) is 1.52. The molecule has 1 aliphatic heterocycles.